The summed E-state index contributed by atoms with van der Waals surface area (Å²) >= 11 is 1.17. The molecule has 1 aromatic carbocycles. The largest absolute Gasteiger partial charge is 0.435 e. The molecule has 1 atom stereocenters. The molecule has 176 valence electrons. The van der Waals surface area contributed by atoms with Gasteiger partial charge in [-0.05, 0) is 42.3 Å². The number of Topliss-reactive ketones (excluding diaryl/α,β-unsaturated/α-hetero) is 1. The number of aromatic nitrogens is 2. The quantitative estimate of drug-likeness (QED) is 0.407. The molecule has 0 amide bonds. The Labute approximate surface area is 193 Å². The summed E-state index contributed by atoms with van der Waals surface area (Å²) in [4.78, 5) is 13.3. The number of hydrogen-bond donors (Lipinski definition) is 1. The second-order valence-corrected chi connectivity index (χ2v) is 10.5. The lowest BCUT2D eigenvalue weighted by Gasteiger charge is -2.18. The molecule has 33 heavy (non-hydrogen) atoms. The zero-order valence-electron chi connectivity index (χ0n) is 18.1. The molecule has 0 saturated carbocycles. The van der Waals surface area contributed by atoms with Crippen molar-refractivity contribution in [3.8, 4) is 21.0 Å². The van der Waals surface area contributed by atoms with E-state index in [-0.39, 0.29) is 29.1 Å². The molecule has 3 aromatic rings. The van der Waals surface area contributed by atoms with E-state index in [1.165, 1.54) is 23.5 Å². The van der Waals surface area contributed by atoms with Gasteiger partial charge in [-0.1, -0.05) is 26.0 Å². The van der Waals surface area contributed by atoms with Gasteiger partial charge in [-0.3, -0.25) is 14.9 Å². The molecule has 3 rings (SSSR count). The lowest BCUT2D eigenvalue weighted by atomic mass is 10.0. The Balaban J connectivity index is 2.12. The fourth-order valence-electron chi connectivity index (χ4n) is 3.34. The van der Waals surface area contributed by atoms with Gasteiger partial charge in [-0.25, -0.2) is 8.42 Å². The number of halogens is 3. The number of ketones is 1. The summed E-state index contributed by atoms with van der Waals surface area (Å²) in [7, 11) is -3.42. The smallest absolute Gasteiger partial charge is 0.299 e. The molecule has 0 fully saturated rings. The lowest BCUT2D eigenvalue weighted by Crippen LogP contribution is -2.27. The fraction of sp³-hybridized carbons (Fsp3) is 0.318. The summed E-state index contributed by atoms with van der Waals surface area (Å²) in [6.45, 7) is 3.27. The van der Waals surface area contributed by atoms with Crippen molar-refractivity contribution in [2.45, 2.75) is 43.8 Å². The van der Waals surface area contributed by atoms with Crippen molar-refractivity contribution in [1.29, 1.82) is 5.41 Å². The summed E-state index contributed by atoms with van der Waals surface area (Å²) < 4.78 is 65.2. The van der Waals surface area contributed by atoms with Crippen LogP contribution in [0.25, 0.3) is 21.0 Å². The van der Waals surface area contributed by atoms with E-state index < -0.39 is 33.5 Å². The van der Waals surface area contributed by atoms with E-state index in [1.54, 1.807) is 38.1 Å². The van der Waals surface area contributed by atoms with Crippen LogP contribution < -0.4 is 0 Å². The maximum Gasteiger partial charge on any atom is 0.435 e. The molecule has 0 aliphatic rings. The van der Waals surface area contributed by atoms with Crippen molar-refractivity contribution in [2.24, 2.45) is 0 Å². The second kappa shape index (κ2) is 9.22. The van der Waals surface area contributed by atoms with Crippen LogP contribution in [-0.2, 0) is 20.8 Å². The number of nitrogens with one attached hydrogen (secondary N) is 1. The molecular weight excluding hydrogens is 475 g/mol. The van der Waals surface area contributed by atoms with Gasteiger partial charge in [0.15, 0.2) is 21.3 Å². The number of sulfone groups is 1. The summed E-state index contributed by atoms with van der Waals surface area (Å²) in [5.41, 5.74) is -0.659. The number of carbonyl (C=O) groups excluding carboxylic acids is 1. The highest BCUT2D eigenvalue weighted by Crippen LogP contribution is 2.39. The summed E-state index contributed by atoms with van der Waals surface area (Å²) in [6, 6.07) is 9.58. The average Bonchev–Trinajstić information content (AvgIpc) is 3.40. The van der Waals surface area contributed by atoms with E-state index in [0.29, 0.717) is 15.3 Å². The Hall–Kier alpha value is -2.79. The maximum absolute atomic E-state index is 13.5. The van der Waals surface area contributed by atoms with Crippen LogP contribution in [0, 0.1) is 5.41 Å². The maximum atomic E-state index is 13.5. The highest BCUT2D eigenvalue weighted by Gasteiger charge is 2.37. The molecule has 11 heteroatoms. The van der Waals surface area contributed by atoms with Gasteiger partial charge < -0.3 is 0 Å². The van der Waals surface area contributed by atoms with Crippen LogP contribution in [0.1, 0.15) is 38.4 Å². The van der Waals surface area contributed by atoms with Crippen molar-refractivity contribution < 1.29 is 26.4 Å². The SMILES string of the molecule is CCC(=O)C(=N)C(CC)n1nc(C(F)(F)F)cc1-c1ccc(-c2cccc(S(C)(=O)=O)c2)s1. The monoisotopic (exact) mass is 497 g/mol. The van der Waals surface area contributed by atoms with Crippen LogP contribution >= 0.6 is 11.3 Å². The fourth-order valence-corrected chi connectivity index (χ4v) is 5.02. The topological polar surface area (TPSA) is 92.9 Å². The number of nitrogens with zero attached hydrogens (tertiary/aromatic N) is 2. The lowest BCUT2D eigenvalue weighted by molar-refractivity contribution is -0.141. The van der Waals surface area contributed by atoms with Crippen LogP contribution in [0.4, 0.5) is 13.2 Å². The van der Waals surface area contributed by atoms with Gasteiger partial charge in [-0.2, -0.15) is 18.3 Å². The van der Waals surface area contributed by atoms with Gasteiger partial charge in [0.2, 0.25) is 0 Å². The van der Waals surface area contributed by atoms with Crippen LogP contribution in [0.3, 0.4) is 0 Å². The Morgan fingerprint density at radius 3 is 2.39 bits per heavy atom. The number of benzene rings is 1. The van der Waals surface area contributed by atoms with Crippen LogP contribution in [0.15, 0.2) is 47.4 Å². The minimum Gasteiger partial charge on any atom is -0.299 e. The van der Waals surface area contributed by atoms with Gasteiger partial charge in [0.1, 0.15) is 0 Å². The van der Waals surface area contributed by atoms with Gasteiger partial charge in [0.25, 0.3) is 0 Å². The van der Waals surface area contributed by atoms with Crippen LogP contribution in [-0.4, -0.2) is 35.9 Å². The van der Waals surface area contributed by atoms with Crippen molar-refractivity contribution in [3.05, 3.63) is 48.2 Å². The number of carbonyl (C=O) groups is 1. The second-order valence-electron chi connectivity index (χ2n) is 7.44. The van der Waals surface area contributed by atoms with Crippen molar-refractivity contribution in [1.82, 2.24) is 9.78 Å². The van der Waals surface area contributed by atoms with Crippen molar-refractivity contribution >= 4 is 32.7 Å². The standard InChI is InChI=1S/C22H22F3N3O3S2/c1-4-15(21(26)17(29)5-2)28-16(12-20(27-28)22(23,24)25)19-10-9-18(32-19)13-7-6-8-14(11-13)33(3,30)31/h6-12,15,26H,4-5H2,1-3H3. The van der Waals surface area contributed by atoms with Crippen molar-refractivity contribution in [2.75, 3.05) is 6.26 Å². The molecule has 0 radical (unpaired) electrons. The zero-order chi connectivity index (χ0) is 24.6. The summed E-state index contributed by atoms with van der Waals surface area (Å²) in [5, 5.41) is 11.9. The third kappa shape index (κ3) is 5.25. The van der Waals surface area contributed by atoms with Gasteiger partial charge >= 0.3 is 6.18 Å². The van der Waals surface area contributed by atoms with E-state index >= 15 is 0 Å². The number of hydrogen-bond acceptors (Lipinski definition) is 6. The number of thiophene rings is 1. The predicted molar refractivity (Wildman–Crippen MR) is 121 cm³/mol. The third-order valence-corrected chi connectivity index (χ3v) is 7.34. The molecule has 1 unspecified atom stereocenters. The summed E-state index contributed by atoms with van der Waals surface area (Å²) in [5.74, 6) is -0.457. The van der Waals surface area contributed by atoms with E-state index in [0.717, 1.165) is 17.0 Å². The van der Waals surface area contributed by atoms with E-state index in [9.17, 15) is 26.4 Å². The molecule has 6 nitrogen and oxygen atoms in total. The van der Waals surface area contributed by atoms with Crippen molar-refractivity contribution in [3.63, 3.8) is 0 Å². The highest BCUT2D eigenvalue weighted by atomic mass is 32.2. The number of alkyl halides is 3. The van der Waals surface area contributed by atoms with E-state index in [4.69, 9.17) is 5.41 Å². The average molecular weight is 498 g/mol. The van der Waals surface area contributed by atoms with E-state index in [1.807, 2.05) is 0 Å². The molecule has 2 aromatic heterocycles. The molecule has 2 heterocycles. The van der Waals surface area contributed by atoms with Crippen LogP contribution in [0.5, 0.6) is 0 Å². The normalized spacial score (nSPS) is 13.2. The predicted octanol–water partition coefficient (Wildman–Crippen LogP) is 5.65. The Kier molecular flexibility index (Phi) is 6.94. The zero-order valence-corrected chi connectivity index (χ0v) is 19.7. The Morgan fingerprint density at radius 1 is 1.15 bits per heavy atom. The number of rotatable bonds is 8. The molecule has 0 aliphatic carbocycles. The first-order valence-corrected chi connectivity index (χ1v) is 12.8. The molecule has 0 saturated heterocycles. The first-order chi connectivity index (χ1) is 15.4. The van der Waals surface area contributed by atoms with Crippen LogP contribution in [0.2, 0.25) is 0 Å². The molecular formula is C22H22F3N3O3S2. The first-order valence-electron chi connectivity index (χ1n) is 10.1. The van der Waals surface area contributed by atoms with Gasteiger partial charge in [-0.15, -0.1) is 11.3 Å². The molecule has 1 N–H and O–H groups in total. The van der Waals surface area contributed by atoms with Gasteiger partial charge in [0.05, 0.1) is 27.2 Å². The summed E-state index contributed by atoms with van der Waals surface area (Å²) in [6.07, 6.45) is -3.32. The Bertz CT molecular complexity index is 1310. The Morgan fingerprint density at radius 2 is 1.82 bits per heavy atom. The molecule has 0 bridgehead atoms. The molecule has 0 aliphatic heterocycles. The highest BCUT2D eigenvalue weighted by molar-refractivity contribution is 7.90. The third-order valence-electron chi connectivity index (χ3n) is 5.07. The van der Waals surface area contributed by atoms with Gasteiger partial charge in [0, 0.05) is 17.6 Å². The minimum atomic E-state index is -4.70. The van der Waals surface area contributed by atoms with E-state index in [2.05, 4.69) is 5.10 Å². The minimum absolute atomic E-state index is 0.0674. The first kappa shape index (κ1) is 24.8. The molecule has 0 spiro atoms.